The summed E-state index contributed by atoms with van der Waals surface area (Å²) >= 11 is 0. The highest BCUT2D eigenvalue weighted by Gasteiger charge is 2.29. The van der Waals surface area contributed by atoms with Crippen LogP contribution in [0.2, 0.25) is 0 Å². The van der Waals surface area contributed by atoms with Crippen LogP contribution in [0, 0.1) is 11.8 Å². The van der Waals surface area contributed by atoms with Crippen LogP contribution in [-0.4, -0.2) is 11.8 Å². The molecule has 4 heteroatoms. The second-order valence-electron chi connectivity index (χ2n) is 6.64. The number of anilines is 1. The predicted molar refractivity (Wildman–Crippen MR) is 90.8 cm³/mol. The third-order valence-electron chi connectivity index (χ3n) is 4.56. The Morgan fingerprint density at radius 3 is 2.52 bits per heavy atom. The summed E-state index contributed by atoms with van der Waals surface area (Å²) in [4.78, 5) is 23.8. The standard InChI is InChI=1S/C19H24N2O2/c1-13(20-18(22)12-14-4-2-3-5-14)15-8-10-17(11-9-15)21-19(23)16-6-7-16/h2,4,8-11,13-14,16H,3,5-7,12H2,1H3,(H,20,22)(H,21,23). The molecule has 2 atom stereocenters. The first-order valence-electron chi connectivity index (χ1n) is 8.48. The molecule has 2 unspecified atom stereocenters. The molecule has 23 heavy (non-hydrogen) atoms. The van der Waals surface area contributed by atoms with Crippen molar-refractivity contribution >= 4 is 17.5 Å². The van der Waals surface area contributed by atoms with Gasteiger partial charge in [-0.15, -0.1) is 0 Å². The average molecular weight is 312 g/mol. The Morgan fingerprint density at radius 2 is 1.91 bits per heavy atom. The molecule has 0 heterocycles. The lowest BCUT2D eigenvalue weighted by atomic mass is 10.0. The van der Waals surface area contributed by atoms with Crippen molar-refractivity contribution in [1.29, 1.82) is 0 Å². The van der Waals surface area contributed by atoms with Crippen LogP contribution in [0.25, 0.3) is 0 Å². The van der Waals surface area contributed by atoms with Gasteiger partial charge in [-0.25, -0.2) is 0 Å². The van der Waals surface area contributed by atoms with Crippen LogP contribution in [0.5, 0.6) is 0 Å². The summed E-state index contributed by atoms with van der Waals surface area (Å²) < 4.78 is 0. The van der Waals surface area contributed by atoms with E-state index in [0.29, 0.717) is 12.3 Å². The third-order valence-corrected chi connectivity index (χ3v) is 4.56. The lowest BCUT2D eigenvalue weighted by Crippen LogP contribution is -2.27. The zero-order valence-corrected chi connectivity index (χ0v) is 13.5. The van der Waals surface area contributed by atoms with Crippen LogP contribution in [0.15, 0.2) is 36.4 Å². The Labute approximate surface area is 137 Å². The molecule has 0 radical (unpaired) electrons. The van der Waals surface area contributed by atoms with E-state index in [1.165, 1.54) is 0 Å². The van der Waals surface area contributed by atoms with E-state index in [9.17, 15) is 9.59 Å². The number of carbonyl (C=O) groups is 2. The van der Waals surface area contributed by atoms with Gasteiger partial charge in [-0.1, -0.05) is 24.3 Å². The van der Waals surface area contributed by atoms with E-state index in [2.05, 4.69) is 22.8 Å². The van der Waals surface area contributed by atoms with Crippen molar-refractivity contribution in [3.05, 3.63) is 42.0 Å². The zero-order chi connectivity index (χ0) is 16.2. The molecule has 0 spiro atoms. The predicted octanol–water partition coefficient (Wildman–Crippen LogP) is 3.57. The molecule has 1 saturated carbocycles. The van der Waals surface area contributed by atoms with Crippen LogP contribution >= 0.6 is 0 Å². The van der Waals surface area contributed by atoms with Crippen molar-refractivity contribution in [3.63, 3.8) is 0 Å². The van der Waals surface area contributed by atoms with Gasteiger partial charge in [0.15, 0.2) is 0 Å². The summed E-state index contributed by atoms with van der Waals surface area (Å²) in [5.41, 5.74) is 1.87. The number of carbonyl (C=O) groups excluding carboxylic acids is 2. The summed E-state index contributed by atoms with van der Waals surface area (Å²) in [6, 6.07) is 7.70. The van der Waals surface area contributed by atoms with Crippen LogP contribution in [0.3, 0.4) is 0 Å². The summed E-state index contributed by atoms with van der Waals surface area (Å²) in [6.07, 6.45) is 9.03. The Kier molecular flexibility index (Phi) is 4.79. The highest BCUT2D eigenvalue weighted by molar-refractivity contribution is 5.94. The zero-order valence-electron chi connectivity index (χ0n) is 13.5. The number of nitrogens with one attached hydrogen (secondary N) is 2. The number of rotatable bonds is 6. The van der Waals surface area contributed by atoms with Gasteiger partial charge in [0, 0.05) is 18.0 Å². The third kappa shape index (κ3) is 4.44. The molecule has 2 amide bonds. The van der Waals surface area contributed by atoms with E-state index >= 15 is 0 Å². The number of allylic oxidation sites excluding steroid dienone is 2. The van der Waals surface area contributed by atoms with Gasteiger partial charge in [0.05, 0.1) is 6.04 Å². The molecule has 4 nitrogen and oxygen atoms in total. The maximum absolute atomic E-state index is 12.1. The van der Waals surface area contributed by atoms with Gasteiger partial charge < -0.3 is 10.6 Å². The number of amides is 2. The van der Waals surface area contributed by atoms with Crippen LogP contribution in [-0.2, 0) is 9.59 Å². The maximum atomic E-state index is 12.1. The fourth-order valence-corrected chi connectivity index (χ4v) is 2.93. The number of hydrogen-bond acceptors (Lipinski definition) is 2. The lowest BCUT2D eigenvalue weighted by Gasteiger charge is -2.16. The minimum Gasteiger partial charge on any atom is -0.350 e. The van der Waals surface area contributed by atoms with Crippen LogP contribution in [0.4, 0.5) is 5.69 Å². The first kappa shape index (κ1) is 15.8. The molecule has 0 aliphatic heterocycles. The summed E-state index contributed by atoms with van der Waals surface area (Å²) in [6.45, 7) is 1.99. The largest absolute Gasteiger partial charge is 0.350 e. The van der Waals surface area contributed by atoms with Gasteiger partial charge in [-0.05, 0) is 56.2 Å². The van der Waals surface area contributed by atoms with Gasteiger partial charge in [-0.3, -0.25) is 9.59 Å². The Hall–Kier alpha value is -2.10. The van der Waals surface area contributed by atoms with Crippen molar-refractivity contribution in [2.45, 2.75) is 45.1 Å². The Balaban J connectivity index is 1.50. The summed E-state index contributed by atoms with van der Waals surface area (Å²) in [7, 11) is 0. The smallest absolute Gasteiger partial charge is 0.227 e. The fraction of sp³-hybridized carbons (Fsp3) is 0.474. The molecule has 2 aliphatic rings. The monoisotopic (exact) mass is 312 g/mol. The molecule has 0 saturated heterocycles. The van der Waals surface area contributed by atoms with Crippen molar-refractivity contribution in [2.75, 3.05) is 5.32 Å². The summed E-state index contributed by atoms with van der Waals surface area (Å²) in [5.74, 6) is 0.809. The van der Waals surface area contributed by atoms with Crippen molar-refractivity contribution in [2.24, 2.45) is 11.8 Å². The molecule has 0 bridgehead atoms. The van der Waals surface area contributed by atoms with Crippen molar-refractivity contribution < 1.29 is 9.59 Å². The van der Waals surface area contributed by atoms with Gasteiger partial charge in [0.1, 0.15) is 0 Å². The van der Waals surface area contributed by atoms with E-state index in [-0.39, 0.29) is 23.8 Å². The SMILES string of the molecule is CC(NC(=O)CC1C=CCC1)c1ccc(NC(=O)C2CC2)cc1. The highest BCUT2D eigenvalue weighted by Crippen LogP contribution is 2.30. The van der Waals surface area contributed by atoms with Crippen molar-refractivity contribution in [3.8, 4) is 0 Å². The van der Waals surface area contributed by atoms with E-state index < -0.39 is 0 Å². The topological polar surface area (TPSA) is 58.2 Å². The normalized spacial score (nSPS) is 21.0. The maximum Gasteiger partial charge on any atom is 0.227 e. The molecule has 3 rings (SSSR count). The molecule has 2 N–H and O–H groups in total. The lowest BCUT2D eigenvalue weighted by molar-refractivity contribution is -0.122. The fourth-order valence-electron chi connectivity index (χ4n) is 2.93. The molecule has 2 aliphatic carbocycles. The Bertz CT molecular complexity index is 602. The first-order valence-corrected chi connectivity index (χ1v) is 8.48. The minimum absolute atomic E-state index is 0.0268. The van der Waals surface area contributed by atoms with Gasteiger partial charge in [-0.2, -0.15) is 0 Å². The molecule has 1 aromatic carbocycles. The number of hydrogen-bond donors (Lipinski definition) is 2. The van der Waals surface area contributed by atoms with Gasteiger partial charge in [0.2, 0.25) is 11.8 Å². The second-order valence-corrected chi connectivity index (χ2v) is 6.64. The first-order chi connectivity index (χ1) is 11.1. The molecular formula is C19H24N2O2. The van der Waals surface area contributed by atoms with E-state index in [4.69, 9.17) is 0 Å². The average Bonchev–Trinajstić information content (AvgIpc) is 3.27. The molecule has 0 aromatic heterocycles. The van der Waals surface area contributed by atoms with Crippen molar-refractivity contribution in [1.82, 2.24) is 5.32 Å². The quantitative estimate of drug-likeness (QED) is 0.789. The molecular weight excluding hydrogens is 288 g/mol. The van der Waals surface area contributed by atoms with Crippen LogP contribution in [0.1, 0.15) is 50.6 Å². The summed E-state index contributed by atoms with van der Waals surface area (Å²) in [5, 5.41) is 5.98. The molecule has 1 fully saturated rings. The van der Waals surface area contributed by atoms with Gasteiger partial charge in [0.25, 0.3) is 0 Å². The van der Waals surface area contributed by atoms with Crippen LogP contribution < -0.4 is 10.6 Å². The van der Waals surface area contributed by atoms with E-state index in [1.807, 2.05) is 31.2 Å². The Morgan fingerprint density at radius 1 is 1.17 bits per heavy atom. The van der Waals surface area contributed by atoms with Gasteiger partial charge >= 0.3 is 0 Å². The molecule has 1 aromatic rings. The number of benzene rings is 1. The molecule has 122 valence electrons. The second kappa shape index (κ2) is 6.99. The van der Waals surface area contributed by atoms with E-state index in [0.717, 1.165) is 36.9 Å². The van der Waals surface area contributed by atoms with E-state index in [1.54, 1.807) is 0 Å². The highest BCUT2D eigenvalue weighted by atomic mass is 16.2. The minimum atomic E-state index is -0.0268.